The van der Waals surface area contributed by atoms with Gasteiger partial charge in [-0.15, -0.1) is 0 Å². The van der Waals surface area contributed by atoms with Gasteiger partial charge in [-0.3, -0.25) is 4.98 Å². The van der Waals surface area contributed by atoms with Crippen LogP contribution in [0.2, 0.25) is 5.02 Å². The van der Waals surface area contributed by atoms with E-state index in [1.165, 1.54) is 12.3 Å². The molecule has 60 valence electrons. The molecule has 0 saturated carbocycles. The van der Waals surface area contributed by atoms with Gasteiger partial charge in [0.15, 0.2) is 0 Å². The normalized spacial score (nSPS) is 10.6. The first-order valence-corrected chi connectivity index (χ1v) is 3.39. The van der Waals surface area contributed by atoms with Gasteiger partial charge in [0.05, 0.1) is 5.02 Å². The lowest BCUT2D eigenvalue weighted by Gasteiger charge is -2.01. The average Bonchev–Trinajstić information content (AvgIpc) is 1.85. The van der Waals surface area contributed by atoms with Gasteiger partial charge >= 0.3 is 0 Å². The minimum Gasteiger partial charge on any atom is -0.253 e. The topological polar surface area (TPSA) is 12.9 Å². The summed E-state index contributed by atoms with van der Waals surface area (Å²) in [4.78, 5) is 3.50. The Morgan fingerprint density at radius 3 is 2.64 bits per heavy atom. The Bertz CT molecular complexity index is 263. The zero-order valence-corrected chi connectivity index (χ0v) is 6.57. The molecule has 4 heteroatoms. The fourth-order valence-corrected chi connectivity index (χ4v) is 1.01. The number of pyridine rings is 1. The molecule has 0 aromatic carbocycles. The van der Waals surface area contributed by atoms with Gasteiger partial charge in [0.1, 0.15) is 5.69 Å². The molecule has 0 amide bonds. The van der Waals surface area contributed by atoms with Crippen molar-refractivity contribution in [2.75, 3.05) is 0 Å². The number of hydrogen-bond acceptors (Lipinski definition) is 1. The third-order valence-corrected chi connectivity index (χ3v) is 1.52. The number of aryl methyl sites for hydroxylation is 1. The van der Waals surface area contributed by atoms with E-state index in [9.17, 15) is 8.78 Å². The van der Waals surface area contributed by atoms with Gasteiger partial charge in [0.2, 0.25) is 0 Å². The maximum Gasteiger partial charge on any atom is 0.281 e. The molecule has 0 bridgehead atoms. The van der Waals surface area contributed by atoms with Crippen molar-refractivity contribution in [3.05, 3.63) is 28.5 Å². The highest BCUT2D eigenvalue weighted by Gasteiger charge is 2.12. The molecule has 1 heterocycles. The van der Waals surface area contributed by atoms with Crippen LogP contribution >= 0.6 is 11.6 Å². The summed E-state index contributed by atoms with van der Waals surface area (Å²) in [5.41, 5.74) is 0.427. The van der Waals surface area contributed by atoms with Crippen LogP contribution in [0.25, 0.3) is 0 Å². The monoisotopic (exact) mass is 177 g/mol. The molecule has 11 heavy (non-hydrogen) atoms. The maximum absolute atomic E-state index is 12.0. The second-order valence-electron chi connectivity index (χ2n) is 2.18. The predicted octanol–water partition coefficient (Wildman–Crippen LogP) is 2.98. The second-order valence-corrected chi connectivity index (χ2v) is 2.59. The Balaban J connectivity index is 3.09. The number of halogens is 3. The van der Waals surface area contributed by atoms with Crippen LogP contribution in [-0.2, 0) is 0 Å². The first-order chi connectivity index (χ1) is 5.11. The van der Waals surface area contributed by atoms with Gasteiger partial charge in [0.25, 0.3) is 6.43 Å². The molecule has 1 rings (SSSR count). The predicted molar refractivity (Wildman–Crippen MR) is 38.9 cm³/mol. The molecule has 0 radical (unpaired) electrons. The molecule has 1 nitrogen and oxygen atoms in total. The molecule has 0 N–H and O–H groups in total. The lowest BCUT2D eigenvalue weighted by atomic mass is 10.3. The van der Waals surface area contributed by atoms with E-state index in [0.29, 0.717) is 0 Å². The van der Waals surface area contributed by atoms with Crippen LogP contribution in [0.4, 0.5) is 8.78 Å². The van der Waals surface area contributed by atoms with Gasteiger partial charge in [-0.25, -0.2) is 8.78 Å². The molecule has 1 aromatic rings. The average molecular weight is 178 g/mol. The quantitative estimate of drug-likeness (QED) is 0.643. The zero-order chi connectivity index (χ0) is 8.43. The SMILES string of the molecule is Cc1cnc(C(F)F)c(Cl)c1. The van der Waals surface area contributed by atoms with Gasteiger partial charge in [-0.05, 0) is 18.6 Å². The van der Waals surface area contributed by atoms with Gasteiger partial charge in [0, 0.05) is 6.20 Å². The summed E-state index contributed by atoms with van der Waals surface area (Å²) in [6.07, 6.45) is -1.23. The van der Waals surface area contributed by atoms with Crippen molar-refractivity contribution in [3.8, 4) is 0 Å². The molecule has 0 atom stereocenters. The van der Waals surface area contributed by atoms with E-state index in [-0.39, 0.29) is 10.7 Å². The van der Waals surface area contributed by atoms with E-state index in [1.54, 1.807) is 6.92 Å². The Labute approximate surface area is 68.0 Å². The van der Waals surface area contributed by atoms with Crippen molar-refractivity contribution < 1.29 is 8.78 Å². The van der Waals surface area contributed by atoms with Crippen LogP contribution in [0.5, 0.6) is 0 Å². The molecule has 0 saturated heterocycles. The van der Waals surface area contributed by atoms with Crippen molar-refractivity contribution in [1.29, 1.82) is 0 Å². The van der Waals surface area contributed by atoms with Crippen molar-refractivity contribution >= 4 is 11.6 Å². The van der Waals surface area contributed by atoms with E-state index < -0.39 is 6.43 Å². The van der Waals surface area contributed by atoms with E-state index in [0.717, 1.165) is 5.56 Å². The Kier molecular flexibility index (Phi) is 2.39. The minimum absolute atomic E-state index is 0.0278. The second kappa shape index (κ2) is 3.13. The molecule has 0 aliphatic rings. The van der Waals surface area contributed by atoms with Gasteiger partial charge < -0.3 is 0 Å². The van der Waals surface area contributed by atoms with Crippen molar-refractivity contribution in [2.24, 2.45) is 0 Å². The van der Waals surface area contributed by atoms with Crippen LogP contribution in [0.15, 0.2) is 12.3 Å². The molecular formula is C7H6ClF2N. The number of alkyl halides is 2. The summed E-state index contributed by atoms with van der Waals surface area (Å²) in [5, 5.41) is 0.0278. The van der Waals surface area contributed by atoms with Gasteiger partial charge in [-0.1, -0.05) is 11.6 Å². The Hall–Kier alpha value is -0.700. The molecule has 0 spiro atoms. The number of aromatic nitrogens is 1. The van der Waals surface area contributed by atoms with Crippen molar-refractivity contribution in [1.82, 2.24) is 4.98 Å². The summed E-state index contributed by atoms with van der Waals surface area (Å²) in [5.74, 6) is 0. The molecule has 0 aliphatic heterocycles. The minimum atomic E-state index is -2.59. The summed E-state index contributed by atoms with van der Waals surface area (Å²) < 4.78 is 24.0. The third-order valence-electron chi connectivity index (χ3n) is 1.21. The van der Waals surface area contributed by atoms with Gasteiger partial charge in [-0.2, -0.15) is 0 Å². The molecular weight excluding hydrogens is 172 g/mol. The van der Waals surface area contributed by atoms with Crippen LogP contribution in [0.3, 0.4) is 0 Å². The van der Waals surface area contributed by atoms with Crippen LogP contribution in [-0.4, -0.2) is 4.98 Å². The summed E-state index contributed by atoms with van der Waals surface area (Å²) in [7, 11) is 0. The number of rotatable bonds is 1. The fourth-order valence-electron chi connectivity index (χ4n) is 0.705. The van der Waals surface area contributed by atoms with Crippen LogP contribution in [0.1, 0.15) is 17.7 Å². The molecule has 0 unspecified atom stereocenters. The maximum atomic E-state index is 12.0. The smallest absolute Gasteiger partial charge is 0.253 e. The summed E-state index contributed by atoms with van der Waals surface area (Å²) >= 11 is 5.48. The lowest BCUT2D eigenvalue weighted by Crippen LogP contribution is -1.91. The highest BCUT2D eigenvalue weighted by molar-refractivity contribution is 6.31. The largest absolute Gasteiger partial charge is 0.281 e. The highest BCUT2D eigenvalue weighted by Crippen LogP contribution is 2.24. The van der Waals surface area contributed by atoms with E-state index in [1.807, 2.05) is 0 Å². The van der Waals surface area contributed by atoms with Crippen molar-refractivity contribution in [2.45, 2.75) is 13.3 Å². The number of nitrogens with zero attached hydrogens (tertiary/aromatic N) is 1. The molecule has 0 fully saturated rings. The standard InChI is InChI=1S/C7H6ClF2N/c1-4-2-5(8)6(7(9)10)11-3-4/h2-3,7H,1H3. The molecule has 0 aliphatic carbocycles. The highest BCUT2D eigenvalue weighted by atomic mass is 35.5. The fraction of sp³-hybridized carbons (Fsp3) is 0.286. The summed E-state index contributed by atoms with van der Waals surface area (Å²) in [6, 6.07) is 1.47. The van der Waals surface area contributed by atoms with E-state index >= 15 is 0 Å². The first kappa shape index (κ1) is 8.40. The third kappa shape index (κ3) is 1.87. The lowest BCUT2D eigenvalue weighted by molar-refractivity contribution is 0.146. The first-order valence-electron chi connectivity index (χ1n) is 3.01. The Morgan fingerprint density at radius 1 is 1.55 bits per heavy atom. The van der Waals surface area contributed by atoms with E-state index in [4.69, 9.17) is 11.6 Å². The summed E-state index contributed by atoms with van der Waals surface area (Å²) in [6.45, 7) is 1.74. The van der Waals surface area contributed by atoms with Crippen LogP contribution in [0, 0.1) is 6.92 Å². The van der Waals surface area contributed by atoms with E-state index in [2.05, 4.69) is 4.98 Å². The Morgan fingerprint density at radius 2 is 2.18 bits per heavy atom. The van der Waals surface area contributed by atoms with Crippen LogP contribution < -0.4 is 0 Å². The number of hydrogen-bond donors (Lipinski definition) is 0. The molecule has 1 aromatic heterocycles. The zero-order valence-electron chi connectivity index (χ0n) is 5.81. The van der Waals surface area contributed by atoms with Crippen molar-refractivity contribution in [3.63, 3.8) is 0 Å².